The van der Waals surface area contributed by atoms with Gasteiger partial charge in [0.25, 0.3) is 0 Å². The number of esters is 1. The second kappa shape index (κ2) is 7.63. The van der Waals surface area contributed by atoms with Crippen LogP contribution in [0.4, 0.5) is 24.7 Å². The maximum atomic E-state index is 12.4. The number of ether oxygens (including phenoxy) is 2. The fourth-order valence-corrected chi connectivity index (χ4v) is 2.54. The molecule has 0 aliphatic rings. The van der Waals surface area contributed by atoms with E-state index >= 15 is 0 Å². The van der Waals surface area contributed by atoms with Crippen molar-refractivity contribution in [2.24, 2.45) is 7.05 Å². The Bertz CT molecular complexity index is 982. The molecular weight excluding hydrogens is 375 g/mol. The summed E-state index contributed by atoms with van der Waals surface area (Å²) >= 11 is 0. The molecule has 0 fully saturated rings. The number of anilines is 2. The molecule has 2 aromatic carbocycles. The molecule has 0 aliphatic heterocycles. The van der Waals surface area contributed by atoms with E-state index in [9.17, 15) is 18.0 Å². The molecule has 1 N–H and O–H groups in total. The lowest BCUT2D eigenvalue weighted by Gasteiger charge is -2.11. The maximum Gasteiger partial charge on any atom is 0.573 e. The summed E-state index contributed by atoms with van der Waals surface area (Å²) in [7, 11) is 3.01. The smallest absolute Gasteiger partial charge is 0.465 e. The molecule has 0 atom stereocenters. The van der Waals surface area contributed by atoms with Crippen LogP contribution in [0.2, 0.25) is 0 Å². The first-order valence-corrected chi connectivity index (χ1v) is 8.11. The van der Waals surface area contributed by atoms with Crippen LogP contribution in [0, 0.1) is 0 Å². The van der Waals surface area contributed by atoms with Gasteiger partial charge in [0, 0.05) is 30.4 Å². The van der Waals surface area contributed by atoms with Crippen molar-refractivity contribution in [3.05, 3.63) is 60.2 Å². The predicted molar refractivity (Wildman–Crippen MR) is 96.4 cm³/mol. The molecule has 3 rings (SSSR count). The first-order valence-electron chi connectivity index (χ1n) is 8.11. The zero-order valence-electron chi connectivity index (χ0n) is 14.9. The predicted octanol–water partition coefficient (Wildman–Crippen LogP) is 4.52. The van der Waals surface area contributed by atoms with Crippen LogP contribution in [0.15, 0.2) is 54.6 Å². The standard InChI is InChI=1S/C19H16F3N3O3/c1-25-17(23-14-4-3-5-15(10-14)28-19(20,21)22)11-16(24-25)12-6-8-13(9-7-12)18(26)27-2/h3-11,23H,1-2H3. The van der Waals surface area contributed by atoms with Crippen molar-refractivity contribution in [2.75, 3.05) is 12.4 Å². The molecule has 3 aromatic rings. The minimum atomic E-state index is -4.76. The molecular formula is C19H16F3N3O3. The summed E-state index contributed by atoms with van der Waals surface area (Å²) < 4.78 is 47.3. The number of benzene rings is 2. The molecule has 6 nitrogen and oxygen atoms in total. The third kappa shape index (κ3) is 4.61. The highest BCUT2D eigenvalue weighted by molar-refractivity contribution is 5.89. The molecule has 28 heavy (non-hydrogen) atoms. The van der Waals surface area contributed by atoms with Crippen LogP contribution in [0.25, 0.3) is 11.3 Å². The van der Waals surface area contributed by atoms with Gasteiger partial charge in [0.15, 0.2) is 0 Å². The van der Waals surface area contributed by atoms with E-state index in [1.165, 1.54) is 25.3 Å². The molecule has 1 aromatic heterocycles. The minimum Gasteiger partial charge on any atom is -0.465 e. The number of halogens is 3. The van der Waals surface area contributed by atoms with Crippen molar-refractivity contribution < 1.29 is 27.4 Å². The van der Waals surface area contributed by atoms with Crippen LogP contribution in [0.5, 0.6) is 5.75 Å². The van der Waals surface area contributed by atoms with E-state index in [2.05, 4.69) is 19.9 Å². The van der Waals surface area contributed by atoms with E-state index in [1.54, 1.807) is 48.1 Å². The van der Waals surface area contributed by atoms with Gasteiger partial charge in [0.2, 0.25) is 0 Å². The lowest BCUT2D eigenvalue weighted by molar-refractivity contribution is -0.274. The number of hydrogen-bond donors (Lipinski definition) is 1. The number of aryl methyl sites for hydroxylation is 1. The Labute approximate surface area is 158 Å². The summed E-state index contributed by atoms with van der Waals surface area (Å²) in [6, 6.07) is 14.0. The molecule has 0 aliphatic carbocycles. The fraction of sp³-hybridized carbons (Fsp3) is 0.158. The van der Waals surface area contributed by atoms with Crippen molar-refractivity contribution in [1.29, 1.82) is 0 Å². The van der Waals surface area contributed by atoms with Gasteiger partial charge in [0.1, 0.15) is 11.6 Å². The summed E-state index contributed by atoms with van der Waals surface area (Å²) in [5, 5.41) is 7.39. The van der Waals surface area contributed by atoms with E-state index in [-0.39, 0.29) is 5.75 Å². The maximum absolute atomic E-state index is 12.4. The van der Waals surface area contributed by atoms with Gasteiger partial charge >= 0.3 is 12.3 Å². The number of rotatable bonds is 5. The van der Waals surface area contributed by atoms with Crippen LogP contribution in [0.1, 0.15) is 10.4 Å². The lowest BCUT2D eigenvalue weighted by atomic mass is 10.1. The highest BCUT2D eigenvalue weighted by atomic mass is 19.4. The largest absolute Gasteiger partial charge is 0.573 e. The Hall–Kier alpha value is -3.49. The Morgan fingerprint density at radius 3 is 2.46 bits per heavy atom. The highest BCUT2D eigenvalue weighted by Crippen LogP contribution is 2.28. The Balaban J connectivity index is 1.79. The molecule has 0 spiro atoms. The fourth-order valence-electron chi connectivity index (χ4n) is 2.54. The zero-order valence-corrected chi connectivity index (χ0v) is 14.9. The molecule has 0 amide bonds. The average Bonchev–Trinajstić information content (AvgIpc) is 3.00. The number of nitrogens with one attached hydrogen (secondary N) is 1. The molecule has 146 valence electrons. The Morgan fingerprint density at radius 2 is 1.82 bits per heavy atom. The second-order valence-electron chi connectivity index (χ2n) is 5.81. The van der Waals surface area contributed by atoms with E-state index in [1.807, 2.05) is 0 Å². The van der Waals surface area contributed by atoms with Crippen LogP contribution in [-0.2, 0) is 11.8 Å². The van der Waals surface area contributed by atoms with Gasteiger partial charge < -0.3 is 14.8 Å². The van der Waals surface area contributed by atoms with Crippen molar-refractivity contribution in [3.8, 4) is 17.0 Å². The normalized spacial score (nSPS) is 11.2. The summed E-state index contributed by atoms with van der Waals surface area (Å²) in [4.78, 5) is 11.5. The zero-order chi connectivity index (χ0) is 20.3. The third-order valence-electron chi connectivity index (χ3n) is 3.82. The van der Waals surface area contributed by atoms with E-state index in [0.717, 1.165) is 5.56 Å². The van der Waals surface area contributed by atoms with Crippen LogP contribution in [0.3, 0.4) is 0 Å². The van der Waals surface area contributed by atoms with E-state index in [0.29, 0.717) is 22.8 Å². The molecule has 0 saturated heterocycles. The number of carbonyl (C=O) groups is 1. The number of carbonyl (C=O) groups excluding carboxylic acids is 1. The van der Waals surface area contributed by atoms with E-state index < -0.39 is 12.3 Å². The van der Waals surface area contributed by atoms with Gasteiger partial charge in [-0.1, -0.05) is 18.2 Å². The van der Waals surface area contributed by atoms with Gasteiger partial charge in [0.05, 0.1) is 18.4 Å². The van der Waals surface area contributed by atoms with E-state index in [4.69, 9.17) is 0 Å². The number of aromatic nitrogens is 2. The van der Waals surface area contributed by atoms with Gasteiger partial charge in [-0.15, -0.1) is 13.2 Å². The quantitative estimate of drug-likeness (QED) is 0.648. The van der Waals surface area contributed by atoms with Crippen molar-refractivity contribution in [1.82, 2.24) is 9.78 Å². The highest BCUT2D eigenvalue weighted by Gasteiger charge is 2.31. The molecule has 0 radical (unpaired) electrons. The van der Waals surface area contributed by atoms with Gasteiger partial charge in [-0.3, -0.25) is 4.68 Å². The summed E-state index contributed by atoms with van der Waals surface area (Å²) in [5.74, 6) is -0.189. The second-order valence-corrected chi connectivity index (χ2v) is 5.81. The Kier molecular flexibility index (Phi) is 5.25. The van der Waals surface area contributed by atoms with Crippen LogP contribution in [-0.4, -0.2) is 29.2 Å². The van der Waals surface area contributed by atoms with Crippen molar-refractivity contribution in [2.45, 2.75) is 6.36 Å². The average molecular weight is 391 g/mol. The summed E-state index contributed by atoms with van der Waals surface area (Å²) in [6.45, 7) is 0. The van der Waals surface area contributed by atoms with Crippen molar-refractivity contribution in [3.63, 3.8) is 0 Å². The third-order valence-corrected chi connectivity index (χ3v) is 3.82. The Morgan fingerprint density at radius 1 is 1.11 bits per heavy atom. The minimum absolute atomic E-state index is 0.321. The number of alkyl halides is 3. The number of nitrogens with zero attached hydrogens (tertiary/aromatic N) is 2. The molecule has 9 heteroatoms. The molecule has 1 heterocycles. The molecule has 0 saturated carbocycles. The summed E-state index contributed by atoms with van der Waals surface area (Å²) in [6.07, 6.45) is -4.76. The lowest BCUT2D eigenvalue weighted by Crippen LogP contribution is -2.17. The SMILES string of the molecule is COC(=O)c1ccc(-c2cc(Nc3cccc(OC(F)(F)F)c3)n(C)n2)cc1. The van der Waals surface area contributed by atoms with Gasteiger partial charge in [-0.2, -0.15) is 5.10 Å². The van der Waals surface area contributed by atoms with Gasteiger partial charge in [-0.25, -0.2) is 4.79 Å². The topological polar surface area (TPSA) is 65.4 Å². The van der Waals surface area contributed by atoms with Crippen LogP contribution >= 0.6 is 0 Å². The first-order chi connectivity index (χ1) is 13.2. The van der Waals surface area contributed by atoms with Crippen LogP contribution < -0.4 is 10.1 Å². The number of hydrogen-bond acceptors (Lipinski definition) is 5. The number of methoxy groups -OCH3 is 1. The van der Waals surface area contributed by atoms with Crippen molar-refractivity contribution >= 4 is 17.5 Å². The first kappa shape index (κ1) is 19.3. The molecule has 0 bridgehead atoms. The molecule has 0 unspecified atom stereocenters. The van der Waals surface area contributed by atoms with Gasteiger partial charge in [-0.05, 0) is 24.3 Å². The summed E-state index contributed by atoms with van der Waals surface area (Å²) in [5.41, 5.74) is 2.23. The monoisotopic (exact) mass is 391 g/mol.